The topological polar surface area (TPSA) is 25.2 Å². The first-order valence-electron chi connectivity index (χ1n) is 6.47. The van der Waals surface area contributed by atoms with Crippen molar-refractivity contribution in [2.24, 2.45) is 0 Å². The van der Waals surface area contributed by atoms with Gasteiger partial charge in [-0.1, -0.05) is 6.92 Å². The van der Waals surface area contributed by atoms with Crippen molar-refractivity contribution in [3.8, 4) is 0 Å². The number of hydrogen-bond acceptors (Lipinski definition) is 2. The largest absolute Gasteiger partial charge is 0.448 e. The molecule has 0 radical (unpaired) electrons. The second-order valence-corrected chi connectivity index (χ2v) is 5.02. The Kier molecular flexibility index (Phi) is 4.78. The quantitative estimate of drug-likeness (QED) is 0.872. The van der Waals surface area contributed by atoms with Gasteiger partial charge in [0.2, 0.25) is 0 Å². The molecular weight excluding hydrogens is 284 g/mol. The Bertz CT molecular complexity index is 598. The van der Waals surface area contributed by atoms with Gasteiger partial charge in [0.25, 0.3) is 0 Å². The molecule has 20 heavy (non-hydrogen) atoms. The molecule has 0 aliphatic rings. The van der Waals surface area contributed by atoms with Crippen molar-refractivity contribution < 1.29 is 13.2 Å². The second-order valence-electron chi connectivity index (χ2n) is 4.65. The van der Waals surface area contributed by atoms with Crippen molar-refractivity contribution >= 4 is 11.6 Å². The zero-order valence-electron chi connectivity index (χ0n) is 11.3. The van der Waals surface area contributed by atoms with Gasteiger partial charge in [0.15, 0.2) is 5.22 Å². The lowest BCUT2D eigenvalue weighted by Crippen LogP contribution is -2.24. The number of rotatable bonds is 5. The van der Waals surface area contributed by atoms with Crippen LogP contribution in [0.1, 0.15) is 36.3 Å². The van der Waals surface area contributed by atoms with Crippen LogP contribution in [0.5, 0.6) is 0 Å². The Morgan fingerprint density at radius 2 is 2.00 bits per heavy atom. The first kappa shape index (κ1) is 15.0. The van der Waals surface area contributed by atoms with Crippen LogP contribution in [0, 0.1) is 18.6 Å². The van der Waals surface area contributed by atoms with Gasteiger partial charge in [-0.2, -0.15) is 0 Å². The Hall–Kier alpha value is -1.39. The van der Waals surface area contributed by atoms with Crippen LogP contribution in [-0.4, -0.2) is 6.54 Å². The van der Waals surface area contributed by atoms with Crippen molar-refractivity contribution in [3.63, 3.8) is 0 Å². The third-order valence-corrected chi connectivity index (χ3v) is 3.27. The summed E-state index contributed by atoms with van der Waals surface area (Å²) in [6.07, 6.45) is 0.862. The normalized spacial score (nSPS) is 12.7. The third kappa shape index (κ3) is 3.19. The maximum atomic E-state index is 14.1. The molecule has 0 aliphatic carbocycles. The molecule has 5 heteroatoms. The fourth-order valence-corrected chi connectivity index (χ4v) is 2.17. The highest BCUT2D eigenvalue weighted by Crippen LogP contribution is 2.29. The van der Waals surface area contributed by atoms with E-state index in [1.165, 1.54) is 19.1 Å². The number of furan rings is 1. The number of nitrogens with one attached hydrogen (secondary N) is 1. The van der Waals surface area contributed by atoms with Crippen LogP contribution < -0.4 is 5.32 Å². The first-order valence-corrected chi connectivity index (χ1v) is 6.85. The van der Waals surface area contributed by atoms with Gasteiger partial charge >= 0.3 is 0 Å². The molecule has 1 atom stereocenters. The van der Waals surface area contributed by atoms with Gasteiger partial charge in [-0.15, -0.1) is 0 Å². The molecule has 0 aliphatic heterocycles. The van der Waals surface area contributed by atoms with Crippen molar-refractivity contribution in [2.45, 2.75) is 26.3 Å². The standard InChI is InChI=1S/C15H16ClF2NO/c1-3-6-19-15(13-4-5-14(16)20-13)10-8-11(17)9(2)7-12(10)18/h4-5,7-8,15,19H,3,6H2,1-2H3. The van der Waals surface area contributed by atoms with E-state index in [1.807, 2.05) is 6.92 Å². The van der Waals surface area contributed by atoms with Gasteiger partial charge in [-0.3, -0.25) is 0 Å². The zero-order chi connectivity index (χ0) is 14.7. The van der Waals surface area contributed by atoms with E-state index in [-0.39, 0.29) is 16.3 Å². The predicted molar refractivity (Wildman–Crippen MR) is 74.9 cm³/mol. The summed E-state index contributed by atoms with van der Waals surface area (Å²) in [5.41, 5.74) is 0.491. The molecular formula is C15H16ClF2NO. The van der Waals surface area contributed by atoms with Crippen molar-refractivity contribution in [1.29, 1.82) is 0 Å². The summed E-state index contributed by atoms with van der Waals surface area (Å²) in [6.45, 7) is 4.17. The van der Waals surface area contributed by atoms with E-state index in [4.69, 9.17) is 16.0 Å². The molecule has 2 rings (SSSR count). The van der Waals surface area contributed by atoms with Gasteiger partial charge in [-0.25, -0.2) is 8.78 Å². The van der Waals surface area contributed by atoms with Crippen LogP contribution in [0.3, 0.4) is 0 Å². The summed E-state index contributed by atoms with van der Waals surface area (Å²) in [4.78, 5) is 0. The van der Waals surface area contributed by atoms with Crippen molar-refractivity contribution in [3.05, 3.63) is 58.0 Å². The van der Waals surface area contributed by atoms with Crippen LogP contribution in [0.4, 0.5) is 8.78 Å². The highest BCUT2D eigenvalue weighted by Gasteiger charge is 2.22. The summed E-state index contributed by atoms with van der Waals surface area (Å²) in [6, 6.07) is 5.08. The molecule has 1 aromatic carbocycles. The smallest absolute Gasteiger partial charge is 0.193 e. The number of benzene rings is 1. The van der Waals surface area contributed by atoms with Gasteiger partial charge in [0, 0.05) is 5.56 Å². The van der Waals surface area contributed by atoms with Crippen molar-refractivity contribution in [2.75, 3.05) is 6.54 Å². The van der Waals surface area contributed by atoms with E-state index < -0.39 is 17.7 Å². The van der Waals surface area contributed by atoms with Gasteiger partial charge in [0.1, 0.15) is 17.4 Å². The van der Waals surface area contributed by atoms with Gasteiger partial charge < -0.3 is 9.73 Å². The maximum absolute atomic E-state index is 14.1. The van der Waals surface area contributed by atoms with Crippen LogP contribution in [-0.2, 0) is 0 Å². The Morgan fingerprint density at radius 1 is 1.25 bits per heavy atom. The van der Waals surface area contributed by atoms with Crippen LogP contribution in [0.15, 0.2) is 28.7 Å². The number of aryl methyl sites for hydroxylation is 1. The summed E-state index contributed by atoms with van der Waals surface area (Å²) < 4.78 is 33.2. The van der Waals surface area contributed by atoms with Crippen molar-refractivity contribution in [1.82, 2.24) is 5.32 Å². The molecule has 2 nitrogen and oxygen atoms in total. The first-order chi connectivity index (χ1) is 9.52. The van der Waals surface area contributed by atoms with Gasteiger partial charge in [-0.05, 0) is 61.3 Å². The highest BCUT2D eigenvalue weighted by atomic mass is 35.5. The number of hydrogen-bond donors (Lipinski definition) is 1. The van der Waals surface area contributed by atoms with E-state index in [0.29, 0.717) is 12.3 Å². The van der Waals surface area contributed by atoms with E-state index in [1.54, 1.807) is 12.1 Å². The zero-order valence-corrected chi connectivity index (χ0v) is 12.1. The maximum Gasteiger partial charge on any atom is 0.193 e. The monoisotopic (exact) mass is 299 g/mol. The number of halogens is 3. The molecule has 2 aromatic rings. The average Bonchev–Trinajstić information content (AvgIpc) is 2.82. The molecule has 0 saturated heterocycles. The van der Waals surface area contributed by atoms with E-state index >= 15 is 0 Å². The molecule has 1 heterocycles. The Morgan fingerprint density at radius 3 is 2.60 bits per heavy atom. The van der Waals surface area contributed by atoms with Crippen LogP contribution in [0.25, 0.3) is 0 Å². The average molecular weight is 300 g/mol. The molecule has 0 fully saturated rings. The second kappa shape index (κ2) is 6.37. The molecule has 108 valence electrons. The lowest BCUT2D eigenvalue weighted by molar-refractivity contribution is 0.435. The van der Waals surface area contributed by atoms with Gasteiger partial charge in [0.05, 0.1) is 6.04 Å². The molecule has 1 N–H and O–H groups in total. The van der Waals surface area contributed by atoms with E-state index in [0.717, 1.165) is 6.42 Å². The van der Waals surface area contributed by atoms with Crippen LogP contribution in [0.2, 0.25) is 5.22 Å². The molecule has 1 aromatic heterocycles. The molecule has 0 amide bonds. The molecule has 1 unspecified atom stereocenters. The fraction of sp³-hybridized carbons (Fsp3) is 0.333. The van der Waals surface area contributed by atoms with E-state index in [9.17, 15) is 8.78 Å². The minimum Gasteiger partial charge on any atom is -0.448 e. The molecule has 0 spiro atoms. The fourth-order valence-electron chi connectivity index (χ4n) is 2.02. The summed E-state index contributed by atoms with van der Waals surface area (Å²) in [5, 5.41) is 3.36. The Labute approximate surface area is 121 Å². The third-order valence-electron chi connectivity index (χ3n) is 3.07. The highest BCUT2D eigenvalue weighted by molar-refractivity contribution is 6.28. The minimum absolute atomic E-state index is 0.215. The predicted octanol–water partition coefficient (Wildman–Crippen LogP) is 4.61. The summed E-state index contributed by atoms with van der Waals surface area (Å²) in [7, 11) is 0. The molecule has 0 saturated carbocycles. The lowest BCUT2D eigenvalue weighted by atomic mass is 10.0. The SMILES string of the molecule is CCCNC(c1ccc(Cl)o1)c1cc(F)c(C)cc1F. The van der Waals surface area contributed by atoms with Crippen LogP contribution >= 0.6 is 11.6 Å². The summed E-state index contributed by atoms with van der Waals surface area (Å²) >= 11 is 5.76. The lowest BCUT2D eigenvalue weighted by Gasteiger charge is -2.18. The van der Waals surface area contributed by atoms with E-state index in [2.05, 4.69) is 5.32 Å². The summed E-state index contributed by atoms with van der Waals surface area (Å²) in [5.74, 6) is -0.446. The minimum atomic E-state index is -0.558. The Balaban J connectivity index is 2.43. The molecule has 0 bridgehead atoms.